The van der Waals surface area contributed by atoms with Crippen LogP contribution in [0, 0.1) is 41.0 Å². The van der Waals surface area contributed by atoms with Gasteiger partial charge in [-0.05, 0) is 104 Å². The van der Waals surface area contributed by atoms with Crippen LogP contribution < -0.4 is 0 Å². The Balaban J connectivity index is 1.57. The lowest BCUT2D eigenvalue weighted by atomic mass is 9.69. The van der Waals surface area contributed by atoms with Crippen molar-refractivity contribution < 1.29 is 17.6 Å². The third-order valence-corrected chi connectivity index (χ3v) is 6.67. The molecule has 148 valence electrons. The van der Waals surface area contributed by atoms with Crippen LogP contribution in [0.1, 0.15) is 43.2 Å². The smallest absolute Gasteiger partial charge is 0.194 e. The molecular formula is C24H24F4. The largest absolute Gasteiger partial charge is 0.206 e. The van der Waals surface area contributed by atoms with E-state index in [2.05, 4.69) is 12.7 Å². The molecule has 2 aromatic rings. The maximum Gasteiger partial charge on any atom is 0.194 e. The Hall–Kier alpha value is -2.10. The van der Waals surface area contributed by atoms with Gasteiger partial charge in [0, 0.05) is 5.56 Å². The number of allylic oxidation sites excluding steroid dienone is 1. The normalized spacial score (nSPS) is 24.6. The summed E-state index contributed by atoms with van der Waals surface area (Å²) in [5, 5.41) is 0. The van der Waals surface area contributed by atoms with Crippen molar-refractivity contribution in [2.24, 2.45) is 17.8 Å². The van der Waals surface area contributed by atoms with Crippen LogP contribution in [0.4, 0.5) is 17.6 Å². The first-order chi connectivity index (χ1) is 13.5. The zero-order valence-electron chi connectivity index (χ0n) is 15.8. The summed E-state index contributed by atoms with van der Waals surface area (Å²) >= 11 is 0. The molecule has 0 saturated heterocycles. The van der Waals surface area contributed by atoms with Gasteiger partial charge in [0.25, 0.3) is 0 Å². The molecule has 0 aliphatic heterocycles. The zero-order valence-corrected chi connectivity index (χ0v) is 15.8. The fourth-order valence-corrected chi connectivity index (χ4v) is 4.99. The molecule has 0 spiro atoms. The molecule has 4 rings (SSSR count). The monoisotopic (exact) mass is 388 g/mol. The van der Waals surface area contributed by atoms with Crippen molar-refractivity contribution in [3.8, 4) is 11.1 Å². The Morgan fingerprint density at radius 1 is 0.750 bits per heavy atom. The SMILES string of the molecule is C=CC1CCC(C2CCc3cc(-c4cc(F)c(F)c(F)c4)c(F)cc3C2)CC1. The van der Waals surface area contributed by atoms with E-state index in [9.17, 15) is 17.6 Å². The molecule has 2 aliphatic carbocycles. The first-order valence-corrected chi connectivity index (χ1v) is 10.0. The van der Waals surface area contributed by atoms with Crippen LogP contribution in [0.2, 0.25) is 0 Å². The lowest BCUT2D eigenvalue weighted by Gasteiger charge is -2.36. The van der Waals surface area contributed by atoms with Crippen molar-refractivity contribution in [3.63, 3.8) is 0 Å². The summed E-state index contributed by atoms with van der Waals surface area (Å²) in [6, 6.07) is 4.90. The minimum atomic E-state index is -1.53. The molecule has 0 nitrogen and oxygen atoms in total. The van der Waals surface area contributed by atoms with Crippen LogP contribution in [0.5, 0.6) is 0 Å². The van der Waals surface area contributed by atoms with Gasteiger partial charge in [0.05, 0.1) is 0 Å². The fourth-order valence-electron chi connectivity index (χ4n) is 4.99. The van der Waals surface area contributed by atoms with Gasteiger partial charge in [-0.1, -0.05) is 6.08 Å². The number of hydrogen-bond acceptors (Lipinski definition) is 0. The van der Waals surface area contributed by atoms with Gasteiger partial charge in [-0.15, -0.1) is 6.58 Å². The summed E-state index contributed by atoms with van der Waals surface area (Å²) < 4.78 is 55.1. The summed E-state index contributed by atoms with van der Waals surface area (Å²) in [7, 11) is 0. The molecule has 2 aliphatic rings. The maximum absolute atomic E-state index is 14.7. The number of halogens is 4. The number of fused-ring (bicyclic) bond motifs is 1. The molecular weight excluding hydrogens is 364 g/mol. The van der Waals surface area contributed by atoms with E-state index in [0.29, 0.717) is 17.8 Å². The third kappa shape index (κ3) is 3.61. The van der Waals surface area contributed by atoms with Gasteiger partial charge in [-0.2, -0.15) is 0 Å². The lowest BCUT2D eigenvalue weighted by molar-refractivity contribution is 0.206. The summed E-state index contributed by atoms with van der Waals surface area (Å²) in [4.78, 5) is 0. The predicted octanol–water partition coefficient (Wildman–Crippen LogP) is 7.01. The van der Waals surface area contributed by atoms with Gasteiger partial charge < -0.3 is 0 Å². The maximum atomic E-state index is 14.7. The predicted molar refractivity (Wildman–Crippen MR) is 103 cm³/mol. The number of aryl methyl sites for hydroxylation is 1. The van der Waals surface area contributed by atoms with Crippen LogP contribution in [0.25, 0.3) is 11.1 Å². The topological polar surface area (TPSA) is 0 Å². The van der Waals surface area contributed by atoms with Crippen molar-refractivity contribution in [2.75, 3.05) is 0 Å². The molecule has 28 heavy (non-hydrogen) atoms. The average Bonchev–Trinajstić information content (AvgIpc) is 2.70. The second-order valence-electron chi connectivity index (χ2n) is 8.27. The van der Waals surface area contributed by atoms with E-state index in [0.717, 1.165) is 42.5 Å². The first kappa shape index (κ1) is 19.2. The molecule has 2 aromatic carbocycles. The molecule has 1 fully saturated rings. The Labute approximate surface area is 163 Å². The molecule has 0 bridgehead atoms. The summed E-state index contributed by atoms with van der Waals surface area (Å²) in [5.41, 5.74) is 2.17. The van der Waals surface area contributed by atoms with E-state index < -0.39 is 23.3 Å². The highest BCUT2D eigenvalue weighted by atomic mass is 19.2. The highest BCUT2D eigenvalue weighted by molar-refractivity contribution is 5.66. The highest BCUT2D eigenvalue weighted by Crippen LogP contribution is 2.41. The van der Waals surface area contributed by atoms with Gasteiger partial charge in [-0.25, -0.2) is 17.6 Å². The minimum Gasteiger partial charge on any atom is -0.206 e. The molecule has 0 aromatic heterocycles. The van der Waals surface area contributed by atoms with E-state index >= 15 is 0 Å². The Morgan fingerprint density at radius 3 is 2.07 bits per heavy atom. The Bertz CT molecular complexity index is 871. The quantitative estimate of drug-likeness (QED) is 0.301. The first-order valence-electron chi connectivity index (χ1n) is 10.0. The van der Waals surface area contributed by atoms with Crippen LogP contribution in [0.15, 0.2) is 36.9 Å². The van der Waals surface area contributed by atoms with Gasteiger partial charge in [0.2, 0.25) is 0 Å². The highest BCUT2D eigenvalue weighted by Gasteiger charge is 2.30. The molecule has 0 N–H and O–H groups in total. The second-order valence-corrected chi connectivity index (χ2v) is 8.27. The van der Waals surface area contributed by atoms with E-state index in [-0.39, 0.29) is 11.1 Å². The molecule has 4 heteroatoms. The standard InChI is InChI=1S/C24H24F4/c1-2-14-3-5-15(6-4-14)16-7-8-17-10-20(21(25)11-18(17)9-16)19-12-22(26)24(28)23(27)13-19/h2,10-16H,1,3-9H2. The zero-order chi connectivity index (χ0) is 19.8. The van der Waals surface area contributed by atoms with Gasteiger partial charge >= 0.3 is 0 Å². The summed E-state index contributed by atoms with van der Waals surface area (Å²) in [6.45, 7) is 3.90. The van der Waals surface area contributed by atoms with Gasteiger partial charge in [0.15, 0.2) is 17.5 Å². The second kappa shape index (κ2) is 7.73. The number of hydrogen-bond donors (Lipinski definition) is 0. The summed E-state index contributed by atoms with van der Waals surface area (Å²) in [6.07, 6.45) is 9.57. The molecule has 0 amide bonds. The van der Waals surface area contributed by atoms with Crippen LogP contribution in [-0.2, 0) is 12.8 Å². The van der Waals surface area contributed by atoms with Gasteiger partial charge in [-0.3, -0.25) is 0 Å². The summed E-state index contributed by atoms with van der Waals surface area (Å²) in [5.74, 6) is -2.79. The lowest BCUT2D eigenvalue weighted by Crippen LogP contribution is -2.26. The molecule has 1 atom stereocenters. The fraction of sp³-hybridized carbons (Fsp3) is 0.417. The van der Waals surface area contributed by atoms with Crippen molar-refractivity contribution >= 4 is 0 Å². The Morgan fingerprint density at radius 2 is 1.43 bits per heavy atom. The van der Waals surface area contributed by atoms with Gasteiger partial charge in [0.1, 0.15) is 5.82 Å². The van der Waals surface area contributed by atoms with Crippen LogP contribution in [0.3, 0.4) is 0 Å². The molecule has 1 unspecified atom stereocenters. The van der Waals surface area contributed by atoms with Crippen molar-refractivity contribution in [1.29, 1.82) is 0 Å². The molecule has 1 saturated carbocycles. The molecule has 0 heterocycles. The van der Waals surface area contributed by atoms with E-state index in [1.807, 2.05) is 0 Å². The number of rotatable bonds is 3. The molecule has 0 radical (unpaired) electrons. The minimum absolute atomic E-state index is 0.0292. The van der Waals surface area contributed by atoms with E-state index in [1.165, 1.54) is 31.7 Å². The van der Waals surface area contributed by atoms with Crippen LogP contribution >= 0.6 is 0 Å². The Kier molecular flexibility index (Phi) is 5.31. The third-order valence-electron chi connectivity index (χ3n) is 6.67. The number of benzene rings is 2. The van der Waals surface area contributed by atoms with Crippen molar-refractivity contribution in [2.45, 2.75) is 44.9 Å². The van der Waals surface area contributed by atoms with Crippen molar-refractivity contribution in [3.05, 3.63) is 71.3 Å². The van der Waals surface area contributed by atoms with E-state index in [4.69, 9.17) is 0 Å². The average molecular weight is 388 g/mol. The van der Waals surface area contributed by atoms with E-state index in [1.54, 1.807) is 6.07 Å². The van der Waals surface area contributed by atoms with Crippen molar-refractivity contribution in [1.82, 2.24) is 0 Å². The van der Waals surface area contributed by atoms with Crippen LogP contribution in [-0.4, -0.2) is 0 Å².